The van der Waals surface area contributed by atoms with Crippen LogP contribution in [-0.4, -0.2) is 46.2 Å². The van der Waals surface area contributed by atoms with Gasteiger partial charge in [-0.25, -0.2) is 4.68 Å². The van der Waals surface area contributed by atoms with Crippen molar-refractivity contribution in [3.05, 3.63) is 112 Å². The molecule has 0 saturated heterocycles. The van der Waals surface area contributed by atoms with E-state index in [1.54, 1.807) is 16.8 Å². The molecule has 1 amide bonds. The predicted octanol–water partition coefficient (Wildman–Crippen LogP) is 4.41. The Morgan fingerprint density at radius 1 is 1.00 bits per heavy atom. The van der Waals surface area contributed by atoms with Gasteiger partial charge in [0.25, 0.3) is 5.69 Å². The second-order valence-corrected chi connectivity index (χ2v) is 8.46. The van der Waals surface area contributed by atoms with Gasteiger partial charge in [0.2, 0.25) is 5.91 Å². The van der Waals surface area contributed by atoms with Crippen molar-refractivity contribution in [2.45, 2.75) is 12.5 Å². The SMILES string of the molecule is CN(C)C(CNC(=O)Cc1cn(-c2ccccc2)nc1-c1ccc([N+](=O)[O-])cc1)c1ccccc1. The number of nitrogens with one attached hydrogen (secondary N) is 1. The molecule has 1 heterocycles. The molecule has 4 rings (SSSR count). The molecule has 8 heteroatoms. The van der Waals surface area contributed by atoms with Gasteiger partial charge >= 0.3 is 0 Å². The highest BCUT2D eigenvalue weighted by Gasteiger charge is 2.19. The van der Waals surface area contributed by atoms with E-state index < -0.39 is 4.92 Å². The standard InChI is InChI=1S/C27H27N5O3/c1-30(2)25(20-9-5-3-6-10-20)18-28-26(33)17-22-19-31(23-11-7-4-8-12-23)29-27(22)21-13-15-24(16-14-21)32(34)35/h3-16,19,25H,17-18H2,1-2H3,(H,28,33). The Labute approximate surface area is 204 Å². The first-order valence-electron chi connectivity index (χ1n) is 11.3. The molecule has 0 aliphatic carbocycles. The monoisotopic (exact) mass is 469 g/mol. The van der Waals surface area contributed by atoms with Crippen molar-refractivity contribution in [3.8, 4) is 16.9 Å². The molecule has 8 nitrogen and oxygen atoms in total. The fraction of sp³-hybridized carbons (Fsp3) is 0.185. The van der Waals surface area contributed by atoms with Crippen LogP contribution in [0, 0.1) is 10.1 Å². The third kappa shape index (κ3) is 5.80. The van der Waals surface area contributed by atoms with Crippen molar-refractivity contribution in [3.63, 3.8) is 0 Å². The molecule has 1 atom stereocenters. The fourth-order valence-electron chi connectivity index (χ4n) is 3.96. The van der Waals surface area contributed by atoms with E-state index in [-0.39, 0.29) is 24.1 Å². The van der Waals surface area contributed by atoms with Gasteiger partial charge < -0.3 is 10.2 Å². The molecule has 1 aromatic heterocycles. The Morgan fingerprint density at radius 3 is 2.23 bits per heavy atom. The van der Waals surface area contributed by atoms with Crippen LogP contribution in [0.25, 0.3) is 16.9 Å². The van der Waals surface area contributed by atoms with Crippen LogP contribution in [0.4, 0.5) is 5.69 Å². The second kappa shape index (κ2) is 10.8. The van der Waals surface area contributed by atoms with E-state index in [0.29, 0.717) is 17.8 Å². The highest BCUT2D eigenvalue weighted by Crippen LogP contribution is 2.26. The number of hydrogen-bond acceptors (Lipinski definition) is 5. The number of nitro groups is 1. The largest absolute Gasteiger partial charge is 0.354 e. The molecule has 35 heavy (non-hydrogen) atoms. The molecule has 0 aliphatic heterocycles. The number of benzene rings is 3. The maximum Gasteiger partial charge on any atom is 0.269 e. The number of non-ortho nitro benzene ring substituents is 1. The van der Waals surface area contributed by atoms with Gasteiger partial charge in [0, 0.05) is 36.0 Å². The Hall–Kier alpha value is -4.30. The summed E-state index contributed by atoms with van der Waals surface area (Å²) in [5.41, 5.74) is 4.06. The van der Waals surface area contributed by atoms with E-state index in [4.69, 9.17) is 5.10 Å². The van der Waals surface area contributed by atoms with Gasteiger partial charge in [-0.3, -0.25) is 14.9 Å². The molecular weight excluding hydrogens is 442 g/mol. The lowest BCUT2D eigenvalue weighted by molar-refractivity contribution is -0.384. The summed E-state index contributed by atoms with van der Waals surface area (Å²) >= 11 is 0. The number of carbonyl (C=O) groups excluding carboxylic acids is 1. The molecular formula is C27H27N5O3. The van der Waals surface area contributed by atoms with E-state index in [9.17, 15) is 14.9 Å². The van der Waals surface area contributed by atoms with E-state index in [0.717, 1.165) is 16.8 Å². The van der Waals surface area contributed by atoms with Gasteiger partial charge in [-0.2, -0.15) is 5.10 Å². The third-order valence-corrected chi connectivity index (χ3v) is 5.81. The van der Waals surface area contributed by atoms with Crippen molar-refractivity contribution in [1.29, 1.82) is 0 Å². The molecule has 0 spiro atoms. The smallest absolute Gasteiger partial charge is 0.269 e. The van der Waals surface area contributed by atoms with Crippen LogP contribution in [0.3, 0.4) is 0 Å². The molecule has 1 unspecified atom stereocenters. The van der Waals surface area contributed by atoms with Crippen LogP contribution < -0.4 is 5.32 Å². The van der Waals surface area contributed by atoms with Crippen molar-refractivity contribution in [2.75, 3.05) is 20.6 Å². The van der Waals surface area contributed by atoms with Crippen molar-refractivity contribution >= 4 is 11.6 Å². The molecule has 0 radical (unpaired) electrons. The molecule has 0 bridgehead atoms. The minimum Gasteiger partial charge on any atom is -0.354 e. The van der Waals surface area contributed by atoms with Crippen LogP contribution in [0.15, 0.2) is 91.1 Å². The number of likely N-dealkylation sites (N-methyl/N-ethyl adjacent to an activating group) is 1. The highest BCUT2D eigenvalue weighted by molar-refractivity contribution is 5.81. The third-order valence-electron chi connectivity index (χ3n) is 5.81. The van der Waals surface area contributed by atoms with Crippen molar-refractivity contribution in [1.82, 2.24) is 20.0 Å². The van der Waals surface area contributed by atoms with E-state index in [2.05, 4.69) is 10.2 Å². The van der Waals surface area contributed by atoms with Crippen LogP contribution in [0.5, 0.6) is 0 Å². The summed E-state index contributed by atoms with van der Waals surface area (Å²) in [5, 5.41) is 18.8. The summed E-state index contributed by atoms with van der Waals surface area (Å²) in [6.45, 7) is 0.468. The maximum absolute atomic E-state index is 13.0. The topological polar surface area (TPSA) is 93.3 Å². The molecule has 0 saturated carbocycles. The number of hydrogen-bond donors (Lipinski definition) is 1. The van der Waals surface area contributed by atoms with Crippen LogP contribution >= 0.6 is 0 Å². The number of nitrogens with zero attached hydrogens (tertiary/aromatic N) is 4. The van der Waals surface area contributed by atoms with Gasteiger partial charge in [0.15, 0.2) is 0 Å². The summed E-state index contributed by atoms with van der Waals surface area (Å²) in [7, 11) is 3.97. The Balaban J connectivity index is 1.57. The Kier molecular flexibility index (Phi) is 7.32. The zero-order valence-corrected chi connectivity index (χ0v) is 19.7. The first-order chi connectivity index (χ1) is 16.9. The van der Waals surface area contributed by atoms with Crippen LogP contribution in [0.2, 0.25) is 0 Å². The van der Waals surface area contributed by atoms with E-state index in [1.807, 2.05) is 81.0 Å². The first kappa shape index (κ1) is 23.8. The van der Waals surface area contributed by atoms with Crippen molar-refractivity contribution in [2.24, 2.45) is 0 Å². The van der Waals surface area contributed by atoms with Gasteiger partial charge in [0.05, 0.1) is 28.8 Å². The normalized spacial score (nSPS) is 11.9. The Bertz CT molecular complexity index is 1290. The van der Waals surface area contributed by atoms with Gasteiger partial charge in [-0.15, -0.1) is 0 Å². The van der Waals surface area contributed by atoms with E-state index in [1.165, 1.54) is 12.1 Å². The molecule has 0 aliphatic rings. The van der Waals surface area contributed by atoms with Crippen LogP contribution in [0.1, 0.15) is 17.2 Å². The Morgan fingerprint density at radius 2 is 1.63 bits per heavy atom. The van der Waals surface area contributed by atoms with Gasteiger partial charge in [-0.1, -0.05) is 48.5 Å². The zero-order valence-electron chi connectivity index (χ0n) is 19.7. The summed E-state index contributed by atoms with van der Waals surface area (Å²) in [6, 6.07) is 25.9. The summed E-state index contributed by atoms with van der Waals surface area (Å²) in [4.78, 5) is 25.7. The fourth-order valence-corrected chi connectivity index (χ4v) is 3.96. The average Bonchev–Trinajstić information content (AvgIpc) is 3.29. The minimum absolute atomic E-state index is 0.00572. The number of carbonyl (C=O) groups is 1. The lowest BCUT2D eigenvalue weighted by Gasteiger charge is -2.25. The molecule has 178 valence electrons. The van der Waals surface area contributed by atoms with E-state index >= 15 is 0 Å². The maximum atomic E-state index is 13.0. The highest BCUT2D eigenvalue weighted by atomic mass is 16.6. The molecule has 4 aromatic rings. The van der Waals surface area contributed by atoms with Crippen molar-refractivity contribution < 1.29 is 9.72 Å². The van der Waals surface area contributed by atoms with Gasteiger partial charge in [0.1, 0.15) is 0 Å². The number of rotatable bonds is 9. The zero-order chi connectivity index (χ0) is 24.8. The first-order valence-corrected chi connectivity index (χ1v) is 11.3. The predicted molar refractivity (Wildman–Crippen MR) is 135 cm³/mol. The number of aromatic nitrogens is 2. The number of amides is 1. The molecule has 0 fully saturated rings. The average molecular weight is 470 g/mol. The summed E-state index contributed by atoms with van der Waals surface area (Å²) < 4.78 is 1.73. The summed E-state index contributed by atoms with van der Waals surface area (Å²) in [5.74, 6) is -0.122. The number of para-hydroxylation sites is 1. The molecule has 3 aromatic carbocycles. The lowest BCUT2D eigenvalue weighted by Crippen LogP contribution is -2.35. The quantitative estimate of drug-likeness (QED) is 0.290. The minimum atomic E-state index is -0.436. The van der Waals surface area contributed by atoms with Crippen LogP contribution in [-0.2, 0) is 11.2 Å². The molecule has 1 N–H and O–H groups in total. The summed E-state index contributed by atoms with van der Waals surface area (Å²) in [6.07, 6.45) is 1.97. The van der Waals surface area contributed by atoms with Gasteiger partial charge in [-0.05, 0) is 43.9 Å². The second-order valence-electron chi connectivity index (χ2n) is 8.46. The lowest BCUT2D eigenvalue weighted by atomic mass is 10.0. The number of nitro benzene ring substituents is 1.